The standard InChI is InChI=1S/C25H28N4O3S/c30-23(31)13-16-1-3-17(4-2-16)18-5-7-19(8-6-18)22-10-9-20(14-26-22)24-27-25(29-28-24)21-11-12-33(32)15-21/h5-10,14,16-17,21,32H,1-4,11-13,15H2,(H-,27,28,29,30,31)/p+1. The molecule has 0 radical (unpaired) electrons. The molecule has 2 aliphatic rings. The molecule has 0 bridgehead atoms. The second kappa shape index (κ2) is 9.65. The van der Waals surface area contributed by atoms with Gasteiger partial charge in [0.1, 0.15) is 22.8 Å². The zero-order valence-electron chi connectivity index (χ0n) is 18.5. The van der Waals surface area contributed by atoms with Crippen molar-refractivity contribution < 1.29 is 14.5 Å². The first-order chi connectivity index (χ1) is 16.0. The molecule has 7 nitrogen and oxygen atoms in total. The second-order valence-electron chi connectivity index (χ2n) is 9.23. The van der Waals surface area contributed by atoms with Crippen molar-refractivity contribution in [1.82, 2.24) is 20.2 Å². The van der Waals surface area contributed by atoms with E-state index in [9.17, 15) is 9.35 Å². The van der Waals surface area contributed by atoms with Gasteiger partial charge in [0.25, 0.3) is 0 Å². The van der Waals surface area contributed by atoms with Crippen LogP contribution in [-0.4, -0.2) is 47.3 Å². The number of carboxylic acids is 1. The van der Waals surface area contributed by atoms with Gasteiger partial charge in [-0.2, -0.15) is 9.65 Å². The van der Waals surface area contributed by atoms with Gasteiger partial charge in [0.15, 0.2) is 11.6 Å². The van der Waals surface area contributed by atoms with E-state index in [1.807, 2.05) is 18.3 Å². The Morgan fingerprint density at radius 2 is 1.76 bits per heavy atom. The molecule has 2 fully saturated rings. The number of pyridine rings is 1. The maximum atomic E-state index is 10.9. The summed E-state index contributed by atoms with van der Waals surface area (Å²) in [7, 11) is 0. The SMILES string of the molecule is O=C(O)CC1CCC(c2ccc(-c3ccc(-c4n[nH]c(C5CC[S+](O)C5)n4)cn3)cc2)CC1. The Morgan fingerprint density at radius 3 is 2.39 bits per heavy atom. The van der Waals surface area contributed by atoms with E-state index in [4.69, 9.17) is 5.11 Å². The van der Waals surface area contributed by atoms with Gasteiger partial charge in [-0.15, -0.1) is 0 Å². The van der Waals surface area contributed by atoms with Gasteiger partial charge in [-0.25, -0.2) is 4.98 Å². The minimum Gasteiger partial charge on any atom is -0.481 e. The van der Waals surface area contributed by atoms with Crippen LogP contribution in [0.4, 0.5) is 0 Å². The van der Waals surface area contributed by atoms with Crippen LogP contribution in [0.5, 0.6) is 0 Å². The molecule has 1 aromatic carbocycles. The first kappa shape index (κ1) is 22.1. The normalized spacial score (nSPS) is 25.2. The van der Waals surface area contributed by atoms with Gasteiger partial charge in [-0.3, -0.25) is 14.9 Å². The molecule has 5 rings (SSSR count). The fourth-order valence-electron chi connectivity index (χ4n) is 5.05. The van der Waals surface area contributed by atoms with E-state index in [-0.39, 0.29) is 5.92 Å². The minimum absolute atomic E-state index is 0.262. The molecule has 1 aliphatic carbocycles. The van der Waals surface area contributed by atoms with Crippen molar-refractivity contribution in [2.24, 2.45) is 5.92 Å². The average Bonchev–Trinajstić information content (AvgIpc) is 3.49. The lowest BCUT2D eigenvalue weighted by Crippen LogP contribution is -2.16. The zero-order chi connectivity index (χ0) is 22.8. The first-order valence-corrected chi connectivity index (χ1v) is 13.1. The Balaban J connectivity index is 1.22. The van der Waals surface area contributed by atoms with Gasteiger partial charge in [-0.05, 0) is 55.2 Å². The quantitative estimate of drug-likeness (QED) is 0.448. The fraction of sp³-hybridized carbons (Fsp3) is 0.440. The molecule has 3 aromatic rings. The molecule has 0 amide bonds. The highest BCUT2D eigenvalue weighted by atomic mass is 32.2. The Bertz CT molecular complexity index is 1090. The van der Waals surface area contributed by atoms with E-state index >= 15 is 0 Å². The zero-order valence-corrected chi connectivity index (χ0v) is 19.3. The Morgan fingerprint density at radius 1 is 1.00 bits per heavy atom. The number of nitrogens with zero attached hydrogens (tertiary/aromatic N) is 3. The number of rotatable bonds is 6. The van der Waals surface area contributed by atoms with Gasteiger partial charge in [0, 0.05) is 30.2 Å². The second-order valence-corrected chi connectivity index (χ2v) is 10.9. The van der Waals surface area contributed by atoms with Crippen LogP contribution in [0.1, 0.15) is 61.7 Å². The number of hydrogen-bond donors (Lipinski definition) is 3. The fourth-order valence-corrected chi connectivity index (χ4v) is 6.56. The van der Waals surface area contributed by atoms with E-state index in [2.05, 4.69) is 44.4 Å². The van der Waals surface area contributed by atoms with Crippen LogP contribution < -0.4 is 0 Å². The third kappa shape index (κ3) is 5.12. The average molecular weight is 466 g/mol. The summed E-state index contributed by atoms with van der Waals surface area (Å²) in [5.41, 5.74) is 4.18. The molecule has 3 N–H and O–H groups in total. The largest absolute Gasteiger partial charge is 0.481 e. The molecular weight excluding hydrogens is 436 g/mol. The summed E-state index contributed by atoms with van der Waals surface area (Å²) in [5.74, 6) is 3.53. The maximum Gasteiger partial charge on any atom is 0.303 e. The molecule has 2 atom stereocenters. The summed E-state index contributed by atoms with van der Waals surface area (Å²) in [4.78, 5) is 20.2. The highest BCUT2D eigenvalue weighted by Crippen LogP contribution is 2.37. The highest BCUT2D eigenvalue weighted by molar-refractivity contribution is 7.91. The lowest BCUT2D eigenvalue weighted by atomic mass is 9.77. The van der Waals surface area contributed by atoms with Crippen molar-refractivity contribution in [2.75, 3.05) is 11.5 Å². The van der Waals surface area contributed by atoms with Crippen LogP contribution in [0.15, 0.2) is 42.6 Å². The summed E-state index contributed by atoms with van der Waals surface area (Å²) in [6.45, 7) is 0. The Labute approximate surface area is 196 Å². The number of aromatic amines is 1. The number of carboxylic acid groups (broad SMARTS) is 1. The highest BCUT2D eigenvalue weighted by Gasteiger charge is 2.35. The van der Waals surface area contributed by atoms with E-state index in [1.54, 1.807) is 0 Å². The number of aliphatic carboxylic acids is 1. The monoisotopic (exact) mass is 465 g/mol. The van der Waals surface area contributed by atoms with Gasteiger partial charge in [0.2, 0.25) is 0 Å². The van der Waals surface area contributed by atoms with E-state index in [0.717, 1.165) is 66.3 Å². The number of nitrogens with one attached hydrogen (secondary N) is 1. The molecule has 0 spiro atoms. The predicted octanol–water partition coefficient (Wildman–Crippen LogP) is 4.86. The van der Waals surface area contributed by atoms with Gasteiger partial charge < -0.3 is 5.11 Å². The number of aromatic nitrogens is 4. The number of carbonyl (C=O) groups is 1. The molecule has 8 heteroatoms. The van der Waals surface area contributed by atoms with E-state index < -0.39 is 17.1 Å². The Kier molecular flexibility index (Phi) is 6.46. The molecule has 3 heterocycles. The van der Waals surface area contributed by atoms with Gasteiger partial charge in [-0.1, -0.05) is 24.3 Å². The summed E-state index contributed by atoms with van der Waals surface area (Å²) in [6.07, 6.45) is 7.16. The Hall–Kier alpha value is -2.71. The number of H-pyrrole nitrogens is 1. The van der Waals surface area contributed by atoms with Gasteiger partial charge in [0.05, 0.1) is 11.6 Å². The summed E-state index contributed by atoms with van der Waals surface area (Å²) >= 11 is -0.492. The predicted molar refractivity (Wildman–Crippen MR) is 129 cm³/mol. The van der Waals surface area contributed by atoms with Crippen LogP contribution in [0.25, 0.3) is 22.6 Å². The lowest BCUT2D eigenvalue weighted by molar-refractivity contribution is -0.138. The maximum absolute atomic E-state index is 10.9. The molecule has 1 saturated heterocycles. The van der Waals surface area contributed by atoms with Crippen molar-refractivity contribution >= 4 is 17.1 Å². The molecule has 172 valence electrons. The molecular formula is C25H29N4O3S+. The van der Waals surface area contributed by atoms with Gasteiger partial charge >= 0.3 is 5.97 Å². The molecule has 2 aromatic heterocycles. The number of hydrogen-bond acceptors (Lipinski definition) is 5. The minimum atomic E-state index is -0.682. The van der Waals surface area contributed by atoms with Crippen LogP contribution in [0, 0.1) is 5.92 Å². The topological polar surface area (TPSA) is 112 Å². The van der Waals surface area contributed by atoms with Crippen molar-refractivity contribution in [2.45, 2.75) is 50.4 Å². The summed E-state index contributed by atoms with van der Waals surface area (Å²) in [6, 6.07) is 12.6. The van der Waals surface area contributed by atoms with Crippen LogP contribution in [0.3, 0.4) is 0 Å². The van der Waals surface area contributed by atoms with Crippen molar-refractivity contribution in [1.29, 1.82) is 0 Å². The van der Waals surface area contributed by atoms with Crippen molar-refractivity contribution in [3.8, 4) is 22.6 Å². The van der Waals surface area contributed by atoms with Crippen molar-refractivity contribution in [3.05, 3.63) is 54.0 Å². The summed E-state index contributed by atoms with van der Waals surface area (Å²) in [5, 5.41) is 16.4. The molecule has 33 heavy (non-hydrogen) atoms. The molecule has 2 unspecified atom stereocenters. The van der Waals surface area contributed by atoms with Crippen molar-refractivity contribution in [3.63, 3.8) is 0 Å². The van der Waals surface area contributed by atoms with Crippen LogP contribution in [-0.2, 0) is 16.0 Å². The van der Waals surface area contributed by atoms with Crippen LogP contribution in [0.2, 0.25) is 0 Å². The van der Waals surface area contributed by atoms with E-state index in [1.165, 1.54) is 5.56 Å². The molecule has 1 aliphatic heterocycles. The van der Waals surface area contributed by atoms with E-state index in [0.29, 0.717) is 24.1 Å². The number of benzene rings is 1. The van der Waals surface area contributed by atoms with Crippen LogP contribution >= 0.6 is 0 Å². The summed E-state index contributed by atoms with van der Waals surface area (Å²) < 4.78 is 9.79. The molecule has 1 saturated carbocycles. The third-order valence-corrected chi connectivity index (χ3v) is 8.49. The smallest absolute Gasteiger partial charge is 0.303 e. The lowest BCUT2D eigenvalue weighted by Gasteiger charge is -2.28. The third-order valence-electron chi connectivity index (χ3n) is 6.99. The first-order valence-electron chi connectivity index (χ1n) is 11.6.